The van der Waals surface area contributed by atoms with Crippen LogP contribution in [0.15, 0.2) is 0 Å². The Bertz CT molecular complexity index is 229. The summed E-state index contributed by atoms with van der Waals surface area (Å²) in [4.78, 5) is 0. The minimum Gasteiger partial charge on any atom is -0.382 e. The Kier molecular flexibility index (Phi) is 9.54. The molecule has 0 heterocycles. The molecule has 0 bridgehead atoms. The lowest BCUT2D eigenvalue weighted by atomic mass is 9.69. The molecule has 3 unspecified atom stereocenters. The fourth-order valence-corrected chi connectivity index (χ4v) is 3.65. The van der Waals surface area contributed by atoms with E-state index in [1.807, 2.05) is 0 Å². The first kappa shape index (κ1) is 18.0. The molecule has 0 amide bonds. The minimum atomic E-state index is 0.856. The molecule has 0 aliphatic heterocycles. The van der Waals surface area contributed by atoms with Crippen LogP contribution in [0.2, 0.25) is 0 Å². The molecule has 1 aliphatic rings. The molecule has 120 valence electrons. The van der Waals surface area contributed by atoms with Gasteiger partial charge >= 0.3 is 0 Å². The summed E-state index contributed by atoms with van der Waals surface area (Å²) in [5.41, 5.74) is 0. The largest absolute Gasteiger partial charge is 0.382 e. The SMILES string of the molecule is CCCNCC1CCC(C(C)C)CC1CCCOCC. The summed E-state index contributed by atoms with van der Waals surface area (Å²) in [6, 6.07) is 0. The summed E-state index contributed by atoms with van der Waals surface area (Å²) in [6.45, 7) is 13.4. The molecule has 3 atom stereocenters. The van der Waals surface area contributed by atoms with Gasteiger partial charge in [0, 0.05) is 13.2 Å². The van der Waals surface area contributed by atoms with Crippen molar-refractivity contribution in [2.45, 2.75) is 66.2 Å². The lowest BCUT2D eigenvalue weighted by molar-refractivity contribution is 0.108. The Labute approximate surface area is 127 Å². The molecule has 0 radical (unpaired) electrons. The van der Waals surface area contributed by atoms with Crippen molar-refractivity contribution in [3.05, 3.63) is 0 Å². The summed E-state index contributed by atoms with van der Waals surface area (Å²) in [6.07, 6.45) is 8.17. The Morgan fingerprint density at radius 2 is 1.95 bits per heavy atom. The highest BCUT2D eigenvalue weighted by Crippen LogP contribution is 2.39. The average molecular weight is 284 g/mol. The Morgan fingerprint density at radius 1 is 1.15 bits per heavy atom. The van der Waals surface area contributed by atoms with Gasteiger partial charge in [-0.25, -0.2) is 0 Å². The van der Waals surface area contributed by atoms with Crippen molar-refractivity contribution >= 4 is 0 Å². The topological polar surface area (TPSA) is 21.3 Å². The van der Waals surface area contributed by atoms with Gasteiger partial charge in [-0.3, -0.25) is 0 Å². The van der Waals surface area contributed by atoms with Crippen LogP contribution in [-0.2, 0) is 4.74 Å². The van der Waals surface area contributed by atoms with Crippen molar-refractivity contribution in [3.63, 3.8) is 0 Å². The van der Waals surface area contributed by atoms with Crippen LogP contribution in [-0.4, -0.2) is 26.3 Å². The molecule has 2 heteroatoms. The van der Waals surface area contributed by atoms with Crippen molar-refractivity contribution in [1.82, 2.24) is 5.32 Å². The molecule has 1 aliphatic carbocycles. The van der Waals surface area contributed by atoms with E-state index >= 15 is 0 Å². The fourth-order valence-electron chi connectivity index (χ4n) is 3.65. The van der Waals surface area contributed by atoms with Gasteiger partial charge in [-0.2, -0.15) is 0 Å². The van der Waals surface area contributed by atoms with Crippen molar-refractivity contribution < 1.29 is 4.74 Å². The van der Waals surface area contributed by atoms with Crippen LogP contribution >= 0.6 is 0 Å². The maximum absolute atomic E-state index is 5.52. The number of hydrogen-bond donors (Lipinski definition) is 1. The number of nitrogens with one attached hydrogen (secondary N) is 1. The smallest absolute Gasteiger partial charge is 0.0465 e. The van der Waals surface area contributed by atoms with Crippen LogP contribution in [0.5, 0.6) is 0 Å². The molecule has 1 fully saturated rings. The maximum Gasteiger partial charge on any atom is 0.0465 e. The number of ether oxygens (including phenoxy) is 1. The second-order valence-electron chi connectivity index (χ2n) is 6.88. The predicted molar refractivity (Wildman–Crippen MR) is 88.0 cm³/mol. The van der Waals surface area contributed by atoms with E-state index in [4.69, 9.17) is 4.74 Å². The zero-order chi connectivity index (χ0) is 14.8. The van der Waals surface area contributed by atoms with Gasteiger partial charge in [-0.1, -0.05) is 20.8 Å². The summed E-state index contributed by atoms with van der Waals surface area (Å²) in [5, 5.41) is 3.65. The zero-order valence-electron chi connectivity index (χ0n) is 14.3. The maximum atomic E-state index is 5.52. The third kappa shape index (κ3) is 6.58. The third-order valence-corrected chi connectivity index (χ3v) is 5.02. The molecule has 0 aromatic heterocycles. The van der Waals surface area contributed by atoms with E-state index in [9.17, 15) is 0 Å². The van der Waals surface area contributed by atoms with Gasteiger partial charge in [0.2, 0.25) is 0 Å². The fraction of sp³-hybridized carbons (Fsp3) is 1.00. The van der Waals surface area contributed by atoms with E-state index < -0.39 is 0 Å². The van der Waals surface area contributed by atoms with Gasteiger partial charge in [-0.05, 0) is 82.2 Å². The molecule has 0 saturated heterocycles. The lowest BCUT2D eigenvalue weighted by Gasteiger charge is -2.38. The average Bonchev–Trinajstić information content (AvgIpc) is 2.44. The Hall–Kier alpha value is -0.0800. The highest BCUT2D eigenvalue weighted by Gasteiger charge is 2.30. The van der Waals surface area contributed by atoms with Crippen LogP contribution in [0, 0.1) is 23.7 Å². The Balaban J connectivity index is 2.39. The van der Waals surface area contributed by atoms with Gasteiger partial charge < -0.3 is 10.1 Å². The van der Waals surface area contributed by atoms with Gasteiger partial charge in [0.05, 0.1) is 0 Å². The van der Waals surface area contributed by atoms with Crippen LogP contribution in [0.25, 0.3) is 0 Å². The molecule has 2 nitrogen and oxygen atoms in total. The first-order valence-corrected chi connectivity index (χ1v) is 8.97. The number of hydrogen-bond acceptors (Lipinski definition) is 2. The van der Waals surface area contributed by atoms with E-state index in [2.05, 4.69) is 33.0 Å². The molecule has 1 rings (SSSR count). The molecular formula is C18H37NO. The molecule has 20 heavy (non-hydrogen) atoms. The first-order chi connectivity index (χ1) is 9.69. The third-order valence-electron chi connectivity index (χ3n) is 5.02. The minimum absolute atomic E-state index is 0.856. The van der Waals surface area contributed by atoms with Crippen molar-refractivity contribution in [2.75, 3.05) is 26.3 Å². The van der Waals surface area contributed by atoms with Crippen LogP contribution in [0.4, 0.5) is 0 Å². The summed E-state index contributed by atoms with van der Waals surface area (Å²) in [7, 11) is 0. The second kappa shape index (κ2) is 10.6. The van der Waals surface area contributed by atoms with Crippen LogP contribution in [0.1, 0.15) is 66.2 Å². The monoisotopic (exact) mass is 283 g/mol. The van der Waals surface area contributed by atoms with E-state index in [0.29, 0.717) is 0 Å². The molecule has 1 N–H and O–H groups in total. The van der Waals surface area contributed by atoms with Gasteiger partial charge in [0.25, 0.3) is 0 Å². The van der Waals surface area contributed by atoms with Gasteiger partial charge in [0.15, 0.2) is 0 Å². The van der Waals surface area contributed by atoms with E-state index in [1.165, 1.54) is 51.6 Å². The van der Waals surface area contributed by atoms with E-state index in [-0.39, 0.29) is 0 Å². The van der Waals surface area contributed by atoms with Crippen LogP contribution in [0.3, 0.4) is 0 Å². The second-order valence-corrected chi connectivity index (χ2v) is 6.88. The normalized spacial score (nSPS) is 27.1. The standard InChI is InChI=1S/C18H37NO/c1-5-11-19-14-18-10-9-16(15(3)4)13-17(18)8-7-12-20-6-2/h15-19H,5-14H2,1-4H3. The van der Waals surface area contributed by atoms with E-state index in [1.54, 1.807) is 0 Å². The number of rotatable bonds is 10. The highest BCUT2D eigenvalue weighted by molar-refractivity contribution is 4.82. The predicted octanol–water partition coefficient (Wildman–Crippen LogP) is 4.49. The first-order valence-electron chi connectivity index (χ1n) is 8.97. The van der Waals surface area contributed by atoms with Gasteiger partial charge in [0.1, 0.15) is 0 Å². The molecule has 1 saturated carbocycles. The van der Waals surface area contributed by atoms with Gasteiger partial charge in [-0.15, -0.1) is 0 Å². The molecule has 0 spiro atoms. The van der Waals surface area contributed by atoms with E-state index in [0.717, 1.165) is 36.9 Å². The lowest BCUT2D eigenvalue weighted by Crippen LogP contribution is -2.34. The zero-order valence-corrected chi connectivity index (χ0v) is 14.3. The van der Waals surface area contributed by atoms with Crippen molar-refractivity contribution in [1.29, 1.82) is 0 Å². The van der Waals surface area contributed by atoms with Crippen molar-refractivity contribution in [2.24, 2.45) is 23.7 Å². The Morgan fingerprint density at radius 3 is 2.60 bits per heavy atom. The van der Waals surface area contributed by atoms with Crippen molar-refractivity contribution in [3.8, 4) is 0 Å². The quantitative estimate of drug-likeness (QED) is 0.596. The molecule has 0 aromatic rings. The summed E-state index contributed by atoms with van der Waals surface area (Å²) >= 11 is 0. The summed E-state index contributed by atoms with van der Waals surface area (Å²) < 4.78 is 5.52. The molecular weight excluding hydrogens is 246 g/mol. The van der Waals surface area contributed by atoms with Crippen LogP contribution < -0.4 is 5.32 Å². The molecule has 0 aromatic carbocycles. The summed E-state index contributed by atoms with van der Waals surface area (Å²) in [5.74, 6) is 3.63. The highest BCUT2D eigenvalue weighted by atomic mass is 16.5.